The molecule has 6 rings (SSSR count). The van der Waals surface area contributed by atoms with Crippen molar-refractivity contribution in [1.29, 1.82) is 5.26 Å². The molecule has 4 aromatic rings. The minimum atomic E-state index is -0.236. The lowest BCUT2D eigenvalue weighted by Crippen LogP contribution is -2.31. The monoisotopic (exact) mass is 726 g/mol. The van der Waals surface area contributed by atoms with Gasteiger partial charge >= 0.3 is 0 Å². The molecular formula is C40H51ClN8O3. The third kappa shape index (κ3) is 9.69. The van der Waals surface area contributed by atoms with Gasteiger partial charge in [-0.15, -0.1) is 0 Å². The predicted molar refractivity (Wildman–Crippen MR) is 203 cm³/mol. The fourth-order valence-electron chi connectivity index (χ4n) is 7.06. The lowest BCUT2D eigenvalue weighted by molar-refractivity contribution is 0.176. The molecule has 11 nitrogen and oxygen atoms in total. The Morgan fingerprint density at radius 1 is 0.923 bits per heavy atom. The number of nitrogens with zero attached hydrogens (tertiary/aromatic N) is 6. The van der Waals surface area contributed by atoms with Crippen molar-refractivity contribution in [3.63, 3.8) is 0 Å². The van der Waals surface area contributed by atoms with Gasteiger partial charge < -0.3 is 30.1 Å². The summed E-state index contributed by atoms with van der Waals surface area (Å²) in [5.74, 6) is 1.16. The molecule has 2 fully saturated rings. The molecule has 4 heterocycles. The van der Waals surface area contributed by atoms with Crippen molar-refractivity contribution < 1.29 is 14.6 Å². The molecule has 2 aliphatic rings. The van der Waals surface area contributed by atoms with Gasteiger partial charge in [-0.2, -0.15) is 10.4 Å². The fourth-order valence-corrected chi connectivity index (χ4v) is 7.30. The maximum Gasteiger partial charge on any atom is 0.142 e. The average Bonchev–Trinajstić information content (AvgIpc) is 3.89. The minimum absolute atomic E-state index is 0.236. The molecule has 2 saturated heterocycles. The normalized spacial score (nSPS) is 16.4. The molecule has 0 saturated carbocycles. The number of pyridine rings is 1. The number of aliphatic hydroxyl groups is 1. The topological polar surface area (TPSA) is 124 Å². The van der Waals surface area contributed by atoms with Crippen molar-refractivity contribution in [3.8, 4) is 23.3 Å². The average molecular weight is 727 g/mol. The molecule has 0 amide bonds. The van der Waals surface area contributed by atoms with Crippen LogP contribution in [-0.2, 0) is 26.3 Å². The van der Waals surface area contributed by atoms with Gasteiger partial charge in [0.25, 0.3) is 0 Å². The van der Waals surface area contributed by atoms with Crippen LogP contribution >= 0.6 is 11.6 Å². The summed E-state index contributed by atoms with van der Waals surface area (Å²) in [6.07, 6.45) is 6.44. The maximum atomic E-state index is 9.86. The van der Waals surface area contributed by atoms with E-state index in [1.807, 2.05) is 22.9 Å². The number of benzene rings is 2. The zero-order valence-electron chi connectivity index (χ0n) is 30.6. The number of aliphatic hydroxyl groups excluding tert-OH is 1. The lowest BCUT2D eigenvalue weighted by atomic mass is 10.1. The van der Waals surface area contributed by atoms with Crippen LogP contribution in [0, 0.1) is 32.1 Å². The van der Waals surface area contributed by atoms with E-state index in [-0.39, 0.29) is 12.7 Å². The Balaban J connectivity index is 1.13. The number of rotatable bonds is 17. The van der Waals surface area contributed by atoms with Crippen molar-refractivity contribution in [2.45, 2.75) is 72.4 Å². The zero-order valence-corrected chi connectivity index (χ0v) is 31.4. The highest BCUT2D eigenvalue weighted by atomic mass is 35.5. The third-order valence-corrected chi connectivity index (χ3v) is 10.5. The van der Waals surface area contributed by atoms with Crippen LogP contribution < -0.4 is 20.1 Å². The second-order valence-corrected chi connectivity index (χ2v) is 14.3. The highest BCUT2D eigenvalue weighted by Gasteiger charge is 2.20. The Bertz CT molecular complexity index is 1850. The lowest BCUT2D eigenvalue weighted by Gasteiger charge is -2.18. The Kier molecular flexibility index (Phi) is 13.2. The van der Waals surface area contributed by atoms with Crippen LogP contribution in [-0.4, -0.2) is 88.1 Å². The first kappa shape index (κ1) is 37.7. The summed E-state index contributed by atoms with van der Waals surface area (Å²) >= 11 is 6.84. The van der Waals surface area contributed by atoms with E-state index in [1.165, 1.54) is 37.7 Å². The van der Waals surface area contributed by atoms with Gasteiger partial charge in [0.2, 0.25) is 0 Å². The van der Waals surface area contributed by atoms with E-state index in [4.69, 9.17) is 26.2 Å². The number of likely N-dealkylation sites (tertiary alicyclic amines) is 2. The number of halogens is 1. The van der Waals surface area contributed by atoms with Gasteiger partial charge in [0.05, 0.1) is 28.1 Å². The van der Waals surface area contributed by atoms with E-state index in [0.29, 0.717) is 41.8 Å². The molecule has 12 heteroatoms. The molecule has 3 N–H and O–H groups in total. The van der Waals surface area contributed by atoms with Crippen LogP contribution in [0.15, 0.2) is 48.8 Å². The van der Waals surface area contributed by atoms with E-state index >= 15 is 0 Å². The number of nitrogens with one attached hydrogen (secondary N) is 2. The molecule has 1 atom stereocenters. The molecule has 276 valence electrons. The Morgan fingerprint density at radius 3 is 2.46 bits per heavy atom. The van der Waals surface area contributed by atoms with Gasteiger partial charge in [0.1, 0.15) is 30.8 Å². The number of β-amino-alcohol motifs (C(OH)–C–C–N with tert-alkyl or cyclic N) is 1. The van der Waals surface area contributed by atoms with Crippen LogP contribution in [0.4, 0.5) is 0 Å². The van der Waals surface area contributed by atoms with Crippen LogP contribution in [0.1, 0.15) is 64.0 Å². The van der Waals surface area contributed by atoms with E-state index in [1.54, 1.807) is 12.3 Å². The second-order valence-electron chi connectivity index (χ2n) is 13.9. The molecule has 1 unspecified atom stereocenters. The van der Waals surface area contributed by atoms with Gasteiger partial charge in [0.15, 0.2) is 0 Å². The van der Waals surface area contributed by atoms with E-state index < -0.39 is 0 Å². The standard InChI is InChI=1S/C40H51ClN8O3/c1-28-33(7-6-8-38(28)49-30(3)36(29(2)46-49)24-44-10-15-47-12-4-5-13-47)27-52-40-19-39(51-26-32-17-31(20-42)21-45-22-32)34(18-37(40)41)23-43-11-16-48-14-9-35(50)25-48/h6-8,17-19,21-22,35,43-44,50H,4-5,9-16,23-27H2,1-3H3. The first-order valence-corrected chi connectivity index (χ1v) is 18.8. The zero-order chi connectivity index (χ0) is 36.5. The molecule has 0 bridgehead atoms. The highest BCUT2D eigenvalue weighted by Crippen LogP contribution is 2.34. The van der Waals surface area contributed by atoms with Gasteiger partial charge in [-0.05, 0) is 82.4 Å². The summed E-state index contributed by atoms with van der Waals surface area (Å²) in [5, 5.41) is 31.8. The van der Waals surface area contributed by atoms with Crippen molar-refractivity contribution in [2.24, 2.45) is 0 Å². The maximum absolute atomic E-state index is 9.86. The smallest absolute Gasteiger partial charge is 0.142 e. The SMILES string of the molecule is Cc1nn(-c2cccc(COc3cc(OCc4cncc(C#N)c4)c(CNCCN4CCC(O)C4)cc3Cl)c2C)c(C)c1CNCCN1CCCC1. The Hall–Kier alpha value is -4.02. The molecular weight excluding hydrogens is 676 g/mol. The van der Waals surface area contributed by atoms with Crippen LogP contribution in [0.25, 0.3) is 5.69 Å². The third-order valence-electron chi connectivity index (χ3n) is 10.2. The quantitative estimate of drug-likeness (QED) is 0.125. The van der Waals surface area contributed by atoms with Gasteiger partial charge in [-0.3, -0.25) is 9.88 Å². The van der Waals surface area contributed by atoms with Gasteiger partial charge in [-0.25, -0.2) is 4.68 Å². The molecule has 2 aromatic heterocycles. The van der Waals surface area contributed by atoms with Crippen molar-refractivity contribution in [2.75, 3.05) is 52.4 Å². The van der Waals surface area contributed by atoms with Crippen molar-refractivity contribution >= 4 is 11.6 Å². The number of aryl methyl sites for hydroxylation is 1. The number of ether oxygens (including phenoxy) is 2. The molecule has 2 aliphatic heterocycles. The Labute approximate surface area is 312 Å². The van der Waals surface area contributed by atoms with E-state index in [9.17, 15) is 10.4 Å². The number of aromatic nitrogens is 3. The van der Waals surface area contributed by atoms with Crippen LogP contribution in [0.3, 0.4) is 0 Å². The van der Waals surface area contributed by atoms with Gasteiger partial charge in [-0.1, -0.05) is 23.7 Å². The van der Waals surface area contributed by atoms with Gasteiger partial charge in [0, 0.05) is 93.2 Å². The number of hydrogen-bond acceptors (Lipinski definition) is 10. The first-order chi connectivity index (χ1) is 25.3. The van der Waals surface area contributed by atoms with Crippen LogP contribution in [0.2, 0.25) is 5.02 Å². The Morgan fingerprint density at radius 2 is 1.69 bits per heavy atom. The summed E-state index contributed by atoms with van der Waals surface area (Å²) < 4.78 is 14.7. The first-order valence-electron chi connectivity index (χ1n) is 18.4. The molecule has 0 spiro atoms. The van der Waals surface area contributed by atoms with Crippen molar-refractivity contribution in [1.82, 2.24) is 35.2 Å². The summed E-state index contributed by atoms with van der Waals surface area (Å²) in [6.45, 7) is 15.9. The largest absolute Gasteiger partial charge is 0.488 e. The van der Waals surface area contributed by atoms with Crippen LogP contribution in [0.5, 0.6) is 11.5 Å². The second kappa shape index (κ2) is 18.1. The molecule has 0 aliphatic carbocycles. The van der Waals surface area contributed by atoms with E-state index in [2.05, 4.69) is 64.4 Å². The minimum Gasteiger partial charge on any atom is -0.488 e. The number of hydrogen-bond donors (Lipinski definition) is 3. The summed E-state index contributed by atoms with van der Waals surface area (Å²) in [5.41, 5.74) is 8.72. The molecule has 0 radical (unpaired) electrons. The number of nitriles is 1. The summed E-state index contributed by atoms with van der Waals surface area (Å²) in [7, 11) is 0. The molecule has 2 aromatic carbocycles. The predicted octanol–water partition coefficient (Wildman–Crippen LogP) is 5.22. The fraction of sp³-hybridized carbons (Fsp3) is 0.475. The summed E-state index contributed by atoms with van der Waals surface area (Å²) in [4.78, 5) is 8.96. The van der Waals surface area contributed by atoms with Crippen molar-refractivity contribution in [3.05, 3.63) is 98.6 Å². The highest BCUT2D eigenvalue weighted by molar-refractivity contribution is 6.32. The summed E-state index contributed by atoms with van der Waals surface area (Å²) in [6, 6.07) is 13.9. The molecule has 52 heavy (non-hydrogen) atoms. The van der Waals surface area contributed by atoms with E-state index in [0.717, 1.165) is 85.0 Å².